The topological polar surface area (TPSA) is 41.1 Å². The van der Waals surface area contributed by atoms with Gasteiger partial charge in [-0.3, -0.25) is 4.79 Å². The second-order valence-electron chi connectivity index (χ2n) is 5.30. The molecule has 1 aliphatic rings. The molecule has 0 aliphatic heterocycles. The van der Waals surface area contributed by atoms with Crippen LogP contribution in [0.4, 0.5) is 0 Å². The highest BCUT2D eigenvalue weighted by atomic mass is 79.9. The molecule has 0 aromatic heterocycles. The summed E-state index contributed by atoms with van der Waals surface area (Å²) in [6.07, 6.45) is 4.82. The Hall–Kier alpha value is -0.870. The molecule has 0 bridgehead atoms. The Kier molecular flexibility index (Phi) is 4.99. The summed E-state index contributed by atoms with van der Waals surface area (Å²) in [6.45, 7) is 1.13. The number of benzene rings is 1. The number of likely N-dealkylation sites (N-methyl/N-ethyl adjacent to an activating group) is 1. The first kappa shape index (κ1) is 14.5. The quantitative estimate of drug-likeness (QED) is 0.874. The second-order valence-corrected chi connectivity index (χ2v) is 6.22. The fourth-order valence-electron chi connectivity index (χ4n) is 2.91. The van der Waals surface area contributed by atoms with Crippen LogP contribution in [0.15, 0.2) is 28.7 Å². The van der Waals surface area contributed by atoms with Gasteiger partial charge in [0.1, 0.15) is 0 Å². The van der Waals surface area contributed by atoms with Gasteiger partial charge in [0, 0.05) is 16.4 Å². The van der Waals surface area contributed by atoms with E-state index < -0.39 is 0 Å². The highest BCUT2D eigenvalue weighted by Gasteiger charge is 2.35. The predicted octanol–water partition coefficient (Wildman–Crippen LogP) is 2.60. The van der Waals surface area contributed by atoms with Crippen LogP contribution >= 0.6 is 15.9 Å². The van der Waals surface area contributed by atoms with E-state index in [1.54, 1.807) is 7.05 Å². The Morgan fingerprint density at radius 1 is 1.26 bits per heavy atom. The lowest BCUT2D eigenvalue weighted by molar-refractivity contribution is -0.120. The van der Waals surface area contributed by atoms with E-state index in [2.05, 4.69) is 50.8 Å². The molecule has 1 saturated carbocycles. The molecule has 0 heterocycles. The molecule has 19 heavy (non-hydrogen) atoms. The molecule has 1 aliphatic carbocycles. The summed E-state index contributed by atoms with van der Waals surface area (Å²) in [5.74, 6) is 0.0749. The van der Waals surface area contributed by atoms with Crippen LogP contribution in [0.5, 0.6) is 0 Å². The third-order valence-electron chi connectivity index (χ3n) is 3.98. The van der Waals surface area contributed by atoms with Gasteiger partial charge in [0.15, 0.2) is 0 Å². The molecule has 2 rings (SSSR count). The van der Waals surface area contributed by atoms with Gasteiger partial charge in [0.2, 0.25) is 5.91 Å². The minimum Gasteiger partial charge on any atom is -0.354 e. The molecular weight excluding hydrogens is 304 g/mol. The smallest absolute Gasteiger partial charge is 0.233 e. The summed E-state index contributed by atoms with van der Waals surface area (Å²) >= 11 is 3.48. The lowest BCUT2D eigenvalue weighted by atomic mass is 9.79. The van der Waals surface area contributed by atoms with Gasteiger partial charge in [0.05, 0.1) is 6.54 Å². The largest absolute Gasteiger partial charge is 0.354 e. The number of hydrogen-bond donors (Lipinski definition) is 2. The molecule has 0 saturated heterocycles. The second kappa shape index (κ2) is 6.53. The average molecular weight is 325 g/mol. The zero-order chi connectivity index (χ0) is 13.7. The number of rotatable bonds is 5. The van der Waals surface area contributed by atoms with E-state index in [1.807, 2.05) is 0 Å². The Bertz CT molecular complexity index is 424. The van der Waals surface area contributed by atoms with Crippen molar-refractivity contribution < 1.29 is 4.79 Å². The highest BCUT2D eigenvalue weighted by Crippen LogP contribution is 2.40. The fraction of sp³-hybridized carbons (Fsp3) is 0.533. The van der Waals surface area contributed by atoms with E-state index in [1.165, 1.54) is 18.4 Å². The summed E-state index contributed by atoms with van der Waals surface area (Å²) in [6, 6.07) is 8.54. The maximum Gasteiger partial charge on any atom is 0.233 e. The van der Waals surface area contributed by atoms with Gasteiger partial charge in [0.25, 0.3) is 0 Å². The van der Waals surface area contributed by atoms with Gasteiger partial charge in [-0.25, -0.2) is 0 Å². The fourth-order valence-corrected chi connectivity index (χ4v) is 3.18. The van der Waals surface area contributed by atoms with Crippen LogP contribution in [0.25, 0.3) is 0 Å². The zero-order valence-electron chi connectivity index (χ0n) is 11.3. The summed E-state index contributed by atoms with van der Waals surface area (Å²) < 4.78 is 1.10. The van der Waals surface area contributed by atoms with Crippen molar-refractivity contribution in [3.63, 3.8) is 0 Å². The number of hydrogen-bond acceptors (Lipinski definition) is 2. The molecule has 0 spiro atoms. The van der Waals surface area contributed by atoms with Crippen LogP contribution < -0.4 is 10.6 Å². The van der Waals surface area contributed by atoms with Crippen molar-refractivity contribution in [2.45, 2.75) is 31.1 Å². The number of amides is 1. The van der Waals surface area contributed by atoms with Gasteiger partial charge in [-0.1, -0.05) is 40.9 Å². The molecule has 104 valence electrons. The van der Waals surface area contributed by atoms with Crippen LogP contribution in [0, 0.1) is 0 Å². The summed E-state index contributed by atoms with van der Waals surface area (Å²) in [5.41, 5.74) is 1.47. The van der Waals surface area contributed by atoms with Crippen LogP contribution in [0.1, 0.15) is 31.2 Å². The maximum atomic E-state index is 11.6. The van der Waals surface area contributed by atoms with Crippen molar-refractivity contribution >= 4 is 21.8 Å². The van der Waals surface area contributed by atoms with E-state index in [-0.39, 0.29) is 11.3 Å². The van der Waals surface area contributed by atoms with Crippen molar-refractivity contribution in [2.75, 3.05) is 20.1 Å². The molecule has 3 nitrogen and oxygen atoms in total. The Labute approximate surface area is 123 Å². The lowest BCUT2D eigenvalue weighted by Crippen LogP contribution is -2.41. The van der Waals surface area contributed by atoms with Crippen LogP contribution in [0.3, 0.4) is 0 Å². The highest BCUT2D eigenvalue weighted by molar-refractivity contribution is 9.10. The Balaban J connectivity index is 2.09. The van der Waals surface area contributed by atoms with E-state index in [9.17, 15) is 4.79 Å². The summed E-state index contributed by atoms with van der Waals surface area (Å²) in [5, 5.41) is 5.95. The third-order valence-corrected chi connectivity index (χ3v) is 4.51. The van der Waals surface area contributed by atoms with Gasteiger partial charge in [-0.05, 0) is 37.6 Å². The minimum absolute atomic E-state index is 0.0749. The predicted molar refractivity (Wildman–Crippen MR) is 81.2 cm³/mol. The molecule has 4 heteroatoms. The van der Waals surface area contributed by atoms with Gasteiger partial charge in [-0.15, -0.1) is 0 Å². The van der Waals surface area contributed by atoms with Crippen molar-refractivity contribution in [2.24, 2.45) is 0 Å². The molecule has 0 atom stereocenters. The number of nitrogens with one attached hydrogen (secondary N) is 2. The van der Waals surface area contributed by atoms with Crippen LogP contribution in [0.2, 0.25) is 0 Å². The lowest BCUT2D eigenvalue weighted by Gasteiger charge is -2.30. The Morgan fingerprint density at radius 2 is 1.89 bits per heavy atom. The molecule has 1 aromatic rings. The number of carbonyl (C=O) groups is 1. The monoisotopic (exact) mass is 324 g/mol. The first-order valence-corrected chi connectivity index (χ1v) is 7.63. The average Bonchev–Trinajstić information content (AvgIpc) is 2.88. The van der Waals surface area contributed by atoms with E-state index in [0.717, 1.165) is 23.9 Å². The van der Waals surface area contributed by atoms with Crippen LogP contribution in [-0.2, 0) is 10.2 Å². The molecule has 0 radical (unpaired) electrons. The van der Waals surface area contributed by atoms with Gasteiger partial charge < -0.3 is 10.6 Å². The van der Waals surface area contributed by atoms with Gasteiger partial charge in [-0.2, -0.15) is 0 Å². The number of carbonyl (C=O) groups excluding carboxylic acids is 1. The molecule has 1 amide bonds. The summed E-state index contributed by atoms with van der Waals surface area (Å²) in [4.78, 5) is 11.6. The van der Waals surface area contributed by atoms with Crippen molar-refractivity contribution in [1.82, 2.24) is 10.6 Å². The molecule has 1 fully saturated rings. The first-order valence-electron chi connectivity index (χ1n) is 6.84. The Morgan fingerprint density at radius 3 is 2.47 bits per heavy atom. The van der Waals surface area contributed by atoms with Crippen LogP contribution in [-0.4, -0.2) is 26.0 Å². The van der Waals surface area contributed by atoms with Crippen molar-refractivity contribution in [3.05, 3.63) is 34.3 Å². The van der Waals surface area contributed by atoms with Crippen molar-refractivity contribution in [1.29, 1.82) is 0 Å². The molecular formula is C15H21BrN2O. The SMILES string of the molecule is CNCC(=O)NCC1(c2ccc(Br)cc2)CCCC1. The maximum absolute atomic E-state index is 11.6. The first-order chi connectivity index (χ1) is 9.16. The number of halogens is 1. The normalized spacial score (nSPS) is 17.4. The van der Waals surface area contributed by atoms with E-state index in [0.29, 0.717) is 6.54 Å². The standard InChI is InChI=1S/C15H21BrN2O/c1-17-10-14(19)18-11-15(8-2-3-9-15)12-4-6-13(16)7-5-12/h4-7,17H,2-3,8-11H2,1H3,(H,18,19). The van der Waals surface area contributed by atoms with E-state index in [4.69, 9.17) is 0 Å². The molecule has 1 aromatic carbocycles. The van der Waals surface area contributed by atoms with Crippen molar-refractivity contribution in [3.8, 4) is 0 Å². The molecule has 2 N–H and O–H groups in total. The zero-order valence-corrected chi connectivity index (χ0v) is 12.9. The molecule has 0 unspecified atom stereocenters. The third kappa shape index (κ3) is 3.57. The van der Waals surface area contributed by atoms with Gasteiger partial charge >= 0.3 is 0 Å². The van der Waals surface area contributed by atoms with E-state index >= 15 is 0 Å². The summed E-state index contributed by atoms with van der Waals surface area (Å²) in [7, 11) is 1.79. The minimum atomic E-state index is 0.0749.